The molecule has 0 atom stereocenters. The maximum atomic E-state index is 5.93. The van der Waals surface area contributed by atoms with Gasteiger partial charge in [-0.1, -0.05) is 18.2 Å². The lowest BCUT2D eigenvalue weighted by Crippen LogP contribution is -2.02. The van der Waals surface area contributed by atoms with E-state index in [0.29, 0.717) is 12.4 Å². The van der Waals surface area contributed by atoms with Crippen molar-refractivity contribution in [1.29, 1.82) is 0 Å². The van der Waals surface area contributed by atoms with Crippen molar-refractivity contribution in [2.45, 2.75) is 20.3 Å². The third kappa shape index (κ3) is 2.32. The molecule has 1 heterocycles. The smallest absolute Gasteiger partial charge is 0.227 e. The molecule has 0 spiro atoms. The molecule has 20 heavy (non-hydrogen) atoms. The van der Waals surface area contributed by atoms with E-state index in [1.54, 1.807) is 0 Å². The van der Waals surface area contributed by atoms with E-state index in [4.69, 9.17) is 10.2 Å². The van der Waals surface area contributed by atoms with Crippen LogP contribution in [0.2, 0.25) is 0 Å². The monoisotopic (exact) mass is 266 g/mol. The number of nitrogens with two attached hydrogens (primary N) is 1. The van der Waals surface area contributed by atoms with E-state index in [1.807, 2.05) is 12.1 Å². The molecule has 0 bridgehead atoms. The lowest BCUT2D eigenvalue weighted by atomic mass is 10.1. The molecule has 0 saturated heterocycles. The van der Waals surface area contributed by atoms with Crippen molar-refractivity contribution in [3.05, 3.63) is 53.1 Å². The Labute approximate surface area is 118 Å². The van der Waals surface area contributed by atoms with Gasteiger partial charge in [0.2, 0.25) is 5.89 Å². The standard InChI is InChI=1S/C17H18N2O/c1-11-8-12(2)16-15(9-11)19-17(20-16)14-5-3-4-13(10-14)6-7-18/h3-5,8-10H,6-7,18H2,1-2H3. The number of oxazole rings is 1. The molecule has 1 aromatic heterocycles. The topological polar surface area (TPSA) is 52.0 Å². The van der Waals surface area contributed by atoms with Gasteiger partial charge in [0.05, 0.1) is 0 Å². The van der Waals surface area contributed by atoms with Crippen LogP contribution in [0.15, 0.2) is 40.8 Å². The molecule has 3 heteroatoms. The fourth-order valence-electron chi connectivity index (χ4n) is 2.53. The molecule has 0 aliphatic rings. The summed E-state index contributed by atoms with van der Waals surface area (Å²) >= 11 is 0. The quantitative estimate of drug-likeness (QED) is 0.787. The van der Waals surface area contributed by atoms with Gasteiger partial charge in [-0.2, -0.15) is 0 Å². The number of rotatable bonds is 3. The number of hydrogen-bond acceptors (Lipinski definition) is 3. The summed E-state index contributed by atoms with van der Waals surface area (Å²) in [6.45, 7) is 4.77. The Morgan fingerprint density at radius 3 is 2.80 bits per heavy atom. The molecule has 0 fully saturated rings. The Morgan fingerprint density at radius 1 is 1.15 bits per heavy atom. The Bertz CT molecular complexity index is 759. The summed E-state index contributed by atoms with van der Waals surface area (Å²) in [7, 11) is 0. The summed E-state index contributed by atoms with van der Waals surface area (Å²) in [4.78, 5) is 4.61. The van der Waals surface area contributed by atoms with Crippen LogP contribution in [-0.2, 0) is 6.42 Å². The van der Waals surface area contributed by atoms with Crippen molar-refractivity contribution in [3.8, 4) is 11.5 Å². The molecular formula is C17H18N2O. The Hall–Kier alpha value is -2.13. The van der Waals surface area contributed by atoms with E-state index in [1.165, 1.54) is 11.1 Å². The minimum atomic E-state index is 0.648. The Balaban J connectivity index is 2.10. The molecule has 2 N–H and O–H groups in total. The number of hydrogen-bond donors (Lipinski definition) is 1. The number of fused-ring (bicyclic) bond motifs is 1. The summed E-state index contributed by atoms with van der Waals surface area (Å²) in [6, 6.07) is 12.4. The van der Waals surface area contributed by atoms with Crippen LogP contribution >= 0.6 is 0 Å². The van der Waals surface area contributed by atoms with Crippen molar-refractivity contribution in [3.63, 3.8) is 0 Å². The SMILES string of the molecule is Cc1cc(C)c2oc(-c3cccc(CCN)c3)nc2c1. The minimum Gasteiger partial charge on any atom is -0.436 e. The van der Waals surface area contributed by atoms with Crippen molar-refractivity contribution < 1.29 is 4.42 Å². The largest absolute Gasteiger partial charge is 0.436 e. The first-order valence-electron chi connectivity index (χ1n) is 6.84. The summed E-state index contributed by atoms with van der Waals surface area (Å²) < 4.78 is 5.93. The number of aryl methyl sites for hydroxylation is 2. The van der Waals surface area contributed by atoms with Gasteiger partial charge in [0.25, 0.3) is 0 Å². The molecule has 0 aliphatic carbocycles. The van der Waals surface area contributed by atoms with E-state index >= 15 is 0 Å². The highest BCUT2D eigenvalue weighted by Gasteiger charge is 2.11. The van der Waals surface area contributed by atoms with Crippen LogP contribution in [0.3, 0.4) is 0 Å². The molecule has 0 amide bonds. The summed E-state index contributed by atoms with van der Waals surface area (Å²) in [5.74, 6) is 0.674. The van der Waals surface area contributed by atoms with E-state index in [2.05, 4.69) is 43.1 Å². The Morgan fingerprint density at radius 2 is 2.00 bits per heavy atom. The molecule has 0 saturated carbocycles. The van der Waals surface area contributed by atoms with Gasteiger partial charge in [-0.05, 0) is 61.7 Å². The highest BCUT2D eigenvalue weighted by molar-refractivity contribution is 5.80. The molecule has 2 aromatic carbocycles. The van der Waals surface area contributed by atoms with Gasteiger partial charge in [-0.25, -0.2) is 4.98 Å². The molecule has 3 aromatic rings. The van der Waals surface area contributed by atoms with Gasteiger partial charge in [0.15, 0.2) is 5.58 Å². The summed E-state index contributed by atoms with van der Waals surface area (Å²) in [5, 5.41) is 0. The summed E-state index contributed by atoms with van der Waals surface area (Å²) in [6.07, 6.45) is 0.867. The zero-order valence-electron chi connectivity index (χ0n) is 11.8. The number of benzene rings is 2. The Kier molecular flexibility index (Phi) is 3.28. The van der Waals surface area contributed by atoms with Crippen LogP contribution < -0.4 is 5.73 Å². The third-order valence-corrected chi connectivity index (χ3v) is 3.43. The minimum absolute atomic E-state index is 0.648. The lowest BCUT2D eigenvalue weighted by Gasteiger charge is -2.00. The second-order valence-electron chi connectivity index (χ2n) is 5.19. The molecule has 0 unspecified atom stereocenters. The predicted octanol–water partition coefficient (Wildman–Crippen LogP) is 3.61. The lowest BCUT2D eigenvalue weighted by molar-refractivity contribution is 0.617. The highest BCUT2D eigenvalue weighted by atomic mass is 16.3. The van der Waals surface area contributed by atoms with Gasteiger partial charge in [-0.15, -0.1) is 0 Å². The van der Waals surface area contributed by atoms with Crippen LogP contribution in [0.25, 0.3) is 22.6 Å². The number of aromatic nitrogens is 1. The normalized spacial score (nSPS) is 11.2. The highest BCUT2D eigenvalue weighted by Crippen LogP contribution is 2.27. The van der Waals surface area contributed by atoms with E-state index in [-0.39, 0.29) is 0 Å². The first-order valence-corrected chi connectivity index (χ1v) is 6.84. The van der Waals surface area contributed by atoms with E-state index < -0.39 is 0 Å². The van der Waals surface area contributed by atoms with Crippen molar-refractivity contribution in [2.24, 2.45) is 5.73 Å². The predicted molar refractivity (Wildman–Crippen MR) is 81.7 cm³/mol. The first kappa shape index (κ1) is 12.9. The van der Waals surface area contributed by atoms with Gasteiger partial charge in [0.1, 0.15) is 5.52 Å². The molecule has 3 nitrogen and oxygen atoms in total. The average Bonchev–Trinajstić information content (AvgIpc) is 2.83. The molecular weight excluding hydrogens is 248 g/mol. The van der Waals surface area contributed by atoms with Crippen LogP contribution in [0.5, 0.6) is 0 Å². The zero-order valence-corrected chi connectivity index (χ0v) is 11.8. The van der Waals surface area contributed by atoms with Crippen molar-refractivity contribution in [2.75, 3.05) is 6.54 Å². The van der Waals surface area contributed by atoms with Gasteiger partial charge in [0, 0.05) is 5.56 Å². The molecule has 3 rings (SSSR count). The molecule has 0 aliphatic heterocycles. The van der Waals surface area contributed by atoms with Crippen LogP contribution in [0.1, 0.15) is 16.7 Å². The van der Waals surface area contributed by atoms with Gasteiger partial charge >= 0.3 is 0 Å². The van der Waals surface area contributed by atoms with Gasteiger partial charge < -0.3 is 10.2 Å². The fourth-order valence-corrected chi connectivity index (χ4v) is 2.53. The maximum absolute atomic E-state index is 5.93. The zero-order chi connectivity index (χ0) is 14.1. The van der Waals surface area contributed by atoms with Crippen LogP contribution in [-0.4, -0.2) is 11.5 Å². The van der Waals surface area contributed by atoms with Crippen LogP contribution in [0.4, 0.5) is 0 Å². The third-order valence-electron chi connectivity index (χ3n) is 3.43. The van der Waals surface area contributed by atoms with E-state index in [9.17, 15) is 0 Å². The van der Waals surface area contributed by atoms with Gasteiger partial charge in [-0.3, -0.25) is 0 Å². The number of nitrogens with zero attached hydrogens (tertiary/aromatic N) is 1. The maximum Gasteiger partial charge on any atom is 0.227 e. The van der Waals surface area contributed by atoms with Crippen molar-refractivity contribution in [1.82, 2.24) is 4.98 Å². The molecule has 102 valence electrons. The van der Waals surface area contributed by atoms with E-state index in [0.717, 1.165) is 28.6 Å². The average molecular weight is 266 g/mol. The van der Waals surface area contributed by atoms with Crippen LogP contribution in [0, 0.1) is 13.8 Å². The molecule has 0 radical (unpaired) electrons. The summed E-state index contributed by atoms with van der Waals surface area (Å²) in [5.41, 5.74) is 11.9. The second-order valence-corrected chi connectivity index (χ2v) is 5.19. The van der Waals surface area contributed by atoms with Crippen molar-refractivity contribution >= 4 is 11.1 Å². The second kappa shape index (κ2) is 5.10. The fraction of sp³-hybridized carbons (Fsp3) is 0.235. The first-order chi connectivity index (χ1) is 9.67.